The monoisotopic (exact) mass is 392 g/mol. The number of hydrogen-bond acceptors (Lipinski definition) is 4. The van der Waals surface area contributed by atoms with Gasteiger partial charge < -0.3 is 0 Å². The van der Waals surface area contributed by atoms with E-state index in [4.69, 9.17) is 0 Å². The molecule has 2 aliphatic rings. The Morgan fingerprint density at radius 3 is 1.29 bits per heavy atom. The van der Waals surface area contributed by atoms with Crippen molar-refractivity contribution in [1.29, 1.82) is 0 Å². The molecular weight excluding hydrogens is 382 g/mol. The van der Waals surface area contributed by atoms with Crippen LogP contribution in [0.3, 0.4) is 0 Å². The Morgan fingerprint density at radius 2 is 0.917 bits per heavy atom. The standard InChI is InChI=1S/C18H10F2S4/c19-13-5-1-11(2-6-13)15-9-21-17(23-15)18-22-10-16(24-18)12-3-7-14(20)8-4-12/h1-10H/b18-17-. The third-order valence-electron chi connectivity index (χ3n) is 3.38. The summed E-state index contributed by atoms with van der Waals surface area (Å²) in [6.45, 7) is 0. The predicted molar refractivity (Wildman–Crippen MR) is 106 cm³/mol. The van der Waals surface area contributed by atoms with Gasteiger partial charge in [-0.25, -0.2) is 8.78 Å². The minimum Gasteiger partial charge on any atom is -0.207 e. The molecule has 24 heavy (non-hydrogen) atoms. The quantitative estimate of drug-likeness (QED) is 0.524. The van der Waals surface area contributed by atoms with Crippen LogP contribution >= 0.6 is 47.0 Å². The second kappa shape index (κ2) is 7.04. The molecule has 2 aromatic carbocycles. The summed E-state index contributed by atoms with van der Waals surface area (Å²) >= 11 is 6.82. The van der Waals surface area contributed by atoms with E-state index >= 15 is 0 Å². The topological polar surface area (TPSA) is 0 Å². The number of benzene rings is 2. The van der Waals surface area contributed by atoms with E-state index in [1.54, 1.807) is 71.3 Å². The second-order valence-corrected chi connectivity index (χ2v) is 9.37. The lowest BCUT2D eigenvalue weighted by molar-refractivity contribution is 0.627. The van der Waals surface area contributed by atoms with Crippen molar-refractivity contribution in [3.8, 4) is 0 Å². The van der Waals surface area contributed by atoms with E-state index < -0.39 is 0 Å². The third kappa shape index (κ3) is 3.47. The van der Waals surface area contributed by atoms with Crippen molar-refractivity contribution in [3.63, 3.8) is 0 Å². The Labute approximate surface area is 155 Å². The molecule has 0 radical (unpaired) electrons. The average molecular weight is 393 g/mol. The first-order chi connectivity index (χ1) is 11.7. The number of halogens is 2. The summed E-state index contributed by atoms with van der Waals surface area (Å²) in [6.07, 6.45) is 0. The Bertz CT molecular complexity index is 791. The second-order valence-electron chi connectivity index (χ2n) is 4.99. The molecule has 120 valence electrons. The van der Waals surface area contributed by atoms with E-state index in [2.05, 4.69) is 10.8 Å². The van der Waals surface area contributed by atoms with Gasteiger partial charge in [0.2, 0.25) is 0 Å². The normalized spacial score (nSPS) is 20.2. The van der Waals surface area contributed by atoms with Crippen molar-refractivity contribution in [2.24, 2.45) is 0 Å². The van der Waals surface area contributed by atoms with Crippen molar-refractivity contribution in [3.05, 3.63) is 90.6 Å². The van der Waals surface area contributed by atoms with Crippen molar-refractivity contribution in [2.45, 2.75) is 0 Å². The van der Waals surface area contributed by atoms with Gasteiger partial charge in [-0.1, -0.05) is 71.3 Å². The van der Waals surface area contributed by atoms with E-state index in [0.29, 0.717) is 0 Å². The highest BCUT2D eigenvalue weighted by Crippen LogP contribution is 2.58. The van der Waals surface area contributed by atoms with E-state index in [1.807, 2.05) is 0 Å². The lowest BCUT2D eigenvalue weighted by Gasteiger charge is -2.05. The van der Waals surface area contributed by atoms with Crippen LogP contribution < -0.4 is 0 Å². The fraction of sp³-hybridized carbons (Fsp3) is 0. The lowest BCUT2D eigenvalue weighted by atomic mass is 10.2. The largest absolute Gasteiger partial charge is 0.207 e. The van der Waals surface area contributed by atoms with Gasteiger partial charge in [-0.3, -0.25) is 0 Å². The van der Waals surface area contributed by atoms with Crippen molar-refractivity contribution < 1.29 is 8.78 Å². The van der Waals surface area contributed by atoms with Crippen LogP contribution in [0, 0.1) is 11.6 Å². The lowest BCUT2D eigenvalue weighted by Crippen LogP contribution is -1.79. The highest BCUT2D eigenvalue weighted by molar-refractivity contribution is 8.36. The number of thioether (sulfide) groups is 4. The molecule has 0 bridgehead atoms. The zero-order valence-electron chi connectivity index (χ0n) is 12.2. The molecule has 2 heterocycles. The molecule has 0 nitrogen and oxygen atoms in total. The van der Waals surface area contributed by atoms with Gasteiger partial charge in [0.25, 0.3) is 0 Å². The van der Waals surface area contributed by atoms with Crippen LogP contribution in [0.25, 0.3) is 9.81 Å². The van der Waals surface area contributed by atoms with Gasteiger partial charge >= 0.3 is 0 Å². The molecule has 4 rings (SSSR count). The molecule has 0 atom stereocenters. The van der Waals surface area contributed by atoms with E-state index in [-0.39, 0.29) is 11.6 Å². The molecule has 0 spiro atoms. The number of rotatable bonds is 2. The zero-order valence-corrected chi connectivity index (χ0v) is 15.4. The maximum absolute atomic E-state index is 13.0. The predicted octanol–water partition coefficient (Wildman–Crippen LogP) is 7.35. The molecule has 0 saturated heterocycles. The Kier molecular flexibility index (Phi) is 4.81. The van der Waals surface area contributed by atoms with Gasteiger partial charge in [0.15, 0.2) is 0 Å². The van der Waals surface area contributed by atoms with Gasteiger partial charge in [-0.2, -0.15) is 0 Å². The SMILES string of the molecule is Fc1ccc(C2=CS/C(=C3\SC=C(c4ccc(F)cc4)S3)S2)cc1. The molecule has 0 aliphatic carbocycles. The Morgan fingerprint density at radius 1 is 0.542 bits per heavy atom. The first-order valence-electron chi connectivity index (χ1n) is 7.04. The van der Waals surface area contributed by atoms with Crippen LogP contribution in [-0.4, -0.2) is 0 Å². The molecule has 0 unspecified atom stereocenters. The van der Waals surface area contributed by atoms with E-state index in [9.17, 15) is 8.78 Å². The van der Waals surface area contributed by atoms with Crippen LogP contribution in [0.4, 0.5) is 8.78 Å². The minimum atomic E-state index is -0.219. The summed E-state index contributed by atoms with van der Waals surface area (Å²) in [7, 11) is 0. The molecule has 2 aliphatic heterocycles. The number of hydrogen-bond donors (Lipinski definition) is 0. The fourth-order valence-corrected chi connectivity index (χ4v) is 7.10. The summed E-state index contributed by atoms with van der Waals surface area (Å²) in [6, 6.07) is 13.2. The van der Waals surface area contributed by atoms with Crippen LogP contribution in [0.2, 0.25) is 0 Å². The maximum atomic E-state index is 13.0. The molecule has 0 amide bonds. The van der Waals surface area contributed by atoms with Gasteiger partial charge in [-0.05, 0) is 46.2 Å². The van der Waals surface area contributed by atoms with Crippen molar-refractivity contribution >= 4 is 56.9 Å². The van der Waals surface area contributed by atoms with Gasteiger partial charge in [0.05, 0.1) is 8.47 Å². The third-order valence-corrected chi connectivity index (χ3v) is 8.74. The van der Waals surface area contributed by atoms with Crippen molar-refractivity contribution in [1.82, 2.24) is 0 Å². The molecule has 0 N–H and O–H groups in total. The fourth-order valence-electron chi connectivity index (χ4n) is 2.17. The first kappa shape index (κ1) is 16.4. The van der Waals surface area contributed by atoms with Gasteiger partial charge in [0, 0.05) is 9.81 Å². The minimum absolute atomic E-state index is 0.219. The summed E-state index contributed by atoms with van der Waals surface area (Å²) in [5.41, 5.74) is 2.06. The molecule has 0 saturated carbocycles. The van der Waals surface area contributed by atoms with Crippen LogP contribution in [-0.2, 0) is 0 Å². The summed E-state index contributed by atoms with van der Waals surface area (Å²) in [5, 5.41) is 4.22. The zero-order chi connectivity index (χ0) is 16.5. The average Bonchev–Trinajstić information content (AvgIpc) is 3.25. The summed E-state index contributed by atoms with van der Waals surface area (Å²) in [5.74, 6) is -0.438. The van der Waals surface area contributed by atoms with Gasteiger partial charge in [0.1, 0.15) is 11.6 Å². The van der Waals surface area contributed by atoms with E-state index in [1.165, 1.54) is 32.7 Å². The molecular formula is C18H10F2S4. The Balaban J connectivity index is 1.48. The highest BCUT2D eigenvalue weighted by Gasteiger charge is 2.23. The highest BCUT2D eigenvalue weighted by atomic mass is 32.2. The molecule has 0 fully saturated rings. The first-order valence-corrected chi connectivity index (χ1v) is 10.4. The van der Waals surface area contributed by atoms with Crippen LogP contribution in [0.5, 0.6) is 0 Å². The van der Waals surface area contributed by atoms with Crippen LogP contribution in [0.15, 0.2) is 67.8 Å². The molecule has 2 aromatic rings. The summed E-state index contributed by atoms with van der Waals surface area (Å²) < 4.78 is 28.6. The summed E-state index contributed by atoms with van der Waals surface area (Å²) in [4.78, 5) is 2.28. The van der Waals surface area contributed by atoms with Crippen molar-refractivity contribution in [2.75, 3.05) is 0 Å². The van der Waals surface area contributed by atoms with Crippen LogP contribution in [0.1, 0.15) is 11.1 Å². The molecule has 6 heteroatoms. The maximum Gasteiger partial charge on any atom is 0.123 e. The van der Waals surface area contributed by atoms with Gasteiger partial charge in [-0.15, -0.1) is 0 Å². The molecule has 0 aromatic heterocycles. The van der Waals surface area contributed by atoms with E-state index in [0.717, 1.165) is 20.9 Å². The Hall–Kier alpha value is -1.08. The smallest absolute Gasteiger partial charge is 0.123 e.